The lowest BCUT2D eigenvalue weighted by atomic mass is 9.79. The molecule has 1 saturated carbocycles. The van der Waals surface area contributed by atoms with E-state index in [1.54, 1.807) is 17.5 Å². The molecule has 1 aromatic rings. The normalized spacial score (nSPS) is 23.8. The molecule has 2 atom stereocenters. The zero-order valence-corrected chi connectivity index (χ0v) is 11.4. The molecule has 0 aliphatic heterocycles. The summed E-state index contributed by atoms with van der Waals surface area (Å²) in [5.74, 6) is 0.681. The predicted octanol–water partition coefficient (Wildman–Crippen LogP) is 1.57. The number of hydrogen-bond donors (Lipinski definition) is 2. The molecule has 0 aromatic carbocycles. The van der Waals surface area contributed by atoms with Crippen LogP contribution >= 0.6 is 11.3 Å². The maximum atomic E-state index is 12.1. The molecule has 1 aliphatic carbocycles. The van der Waals surface area contributed by atoms with Gasteiger partial charge in [-0.25, -0.2) is 4.98 Å². The minimum atomic E-state index is 0.125. The fourth-order valence-corrected chi connectivity index (χ4v) is 3.26. The highest BCUT2D eigenvalue weighted by atomic mass is 32.1. The fourth-order valence-electron chi connectivity index (χ4n) is 2.64. The molecule has 5 heteroatoms. The Morgan fingerprint density at radius 2 is 2.33 bits per heavy atom. The van der Waals surface area contributed by atoms with Gasteiger partial charge in [-0.3, -0.25) is 4.79 Å². The lowest BCUT2D eigenvalue weighted by Gasteiger charge is -2.29. The number of hydrogen-bond acceptors (Lipinski definition) is 4. The predicted molar refractivity (Wildman–Crippen MR) is 73.3 cm³/mol. The van der Waals surface area contributed by atoms with E-state index in [9.17, 15) is 4.79 Å². The van der Waals surface area contributed by atoms with Crippen molar-refractivity contribution in [2.75, 3.05) is 13.1 Å². The molecule has 0 spiro atoms. The monoisotopic (exact) mass is 267 g/mol. The number of carbonyl (C=O) groups is 1. The molecule has 0 saturated heterocycles. The van der Waals surface area contributed by atoms with Gasteiger partial charge in [0.25, 0.3) is 0 Å². The second-order valence-electron chi connectivity index (χ2n) is 4.85. The van der Waals surface area contributed by atoms with Crippen molar-refractivity contribution in [1.82, 2.24) is 10.3 Å². The molecule has 1 heterocycles. The van der Waals surface area contributed by atoms with Gasteiger partial charge in [0, 0.05) is 30.5 Å². The van der Waals surface area contributed by atoms with Crippen LogP contribution in [-0.4, -0.2) is 24.0 Å². The van der Waals surface area contributed by atoms with E-state index in [-0.39, 0.29) is 11.8 Å². The van der Waals surface area contributed by atoms with Crippen molar-refractivity contribution in [3.05, 3.63) is 16.6 Å². The largest absolute Gasteiger partial charge is 0.355 e. The third-order valence-electron chi connectivity index (χ3n) is 3.67. The van der Waals surface area contributed by atoms with E-state index in [1.807, 2.05) is 5.38 Å². The third kappa shape index (κ3) is 3.53. The molecule has 1 aliphatic rings. The van der Waals surface area contributed by atoms with Gasteiger partial charge in [0.1, 0.15) is 0 Å². The molecular formula is C13H21N3OS. The van der Waals surface area contributed by atoms with Crippen LogP contribution in [0, 0.1) is 11.8 Å². The number of nitrogens with two attached hydrogens (primary N) is 1. The highest BCUT2D eigenvalue weighted by Gasteiger charge is 2.29. The number of carbonyl (C=O) groups excluding carboxylic acids is 1. The van der Waals surface area contributed by atoms with Crippen molar-refractivity contribution in [2.24, 2.45) is 17.6 Å². The molecule has 100 valence electrons. The first-order chi connectivity index (χ1) is 8.81. The SMILES string of the molecule is NCC1CCCCC1C(=O)NCCc1nccs1. The summed E-state index contributed by atoms with van der Waals surface area (Å²) in [5, 5.41) is 6.07. The molecule has 2 unspecified atom stereocenters. The van der Waals surface area contributed by atoms with Crippen molar-refractivity contribution < 1.29 is 4.79 Å². The first-order valence-corrected chi connectivity index (χ1v) is 7.55. The van der Waals surface area contributed by atoms with Crippen LogP contribution in [0.3, 0.4) is 0 Å². The lowest BCUT2D eigenvalue weighted by Crippen LogP contribution is -2.40. The van der Waals surface area contributed by atoms with Crippen molar-refractivity contribution in [2.45, 2.75) is 32.1 Å². The first-order valence-electron chi connectivity index (χ1n) is 6.67. The van der Waals surface area contributed by atoms with Crippen LogP contribution < -0.4 is 11.1 Å². The van der Waals surface area contributed by atoms with E-state index in [0.717, 1.165) is 30.7 Å². The van der Waals surface area contributed by atoms with Crippen LogP contribution in [0.25, 0.3) is 0 Å². The minimum absolute atomic E-state index is 0.125. The topological polar surface area (TPSA) is 68.0 Å². The van der Waals surface area contributed by atoms with Gasteiger partial charge in [-0.1, -0.05) is 12.8 Å². The van der Waals surface area contributed by atoms with Crippen LogP contribution in [0.1, 0.15) is 30.7 Å². The highest BCUT2D eigenvalue weighted by molar-refractivity contribution is 7.09. The van der Waals surface area contributed by atoms with E-state index >= 15 is 0 Å². The van der Waals surface area contributed by atoms with Gasteiger partial charge in [0.15, 0.2) is 0 Å². The van der Waals surface area contributed by atoms with Crippen molar-refractivity contribution in [1.29, 1.82) is 0 Å². The number of nitrogens with zero attached hydrogens (tertiary/aromatic N) is 1. The summed E-state index contributed by atoms with van der Waals surface area (Å²) in [6.45, 7) is 1.31. The Balaban J connectivity index is 1.76. The number of rotatable bonds is 5. The van der Waals surface area contributed by atoms with Crippen LogP contribution in [0.4, 0.5) is 0 Å². The average molecular weight is 267 g/mol. The van der Waals surface area contributed by atoms with E-state index in [0.29, 0.717) is 19.0 Å². The quantitative estimate of drug-likeness (QED) is 0.851. The van der Waals surface area contributed by atoms with E-state index in [1.165, 1.54) is 6.42 Å². The minimum Gasteiger partial charge on any atom is -0.355 e. The zero-order valence-electron chi connectivity index (χ0n) is 10.6. The van der Waals surface area contributed by atoms with E-state index in [4.69, 9.17) is 5.73 Å². The summed E-state index contributed by atoms with van der Waals surface area (Å²) < 4.78 is 0. The molecule has 1 aromatic heterocycles. The third-order valence-corrected chi connectivity index (χ3v) is 4.51. The van der Waals surface area contributed by atoms with Crippen LogP contribution in [0.2, 0.25) is 0 Å². The van der Waals surface area contributed by atoms with E-state index in [2.05, 4.69) is 10.3 Å². The number of amides is 1. The van der Waals surface area contributed by atoms with Gasteiger partial charge in [-0.2, -0.15) is 0 Å². The average Bonchev–Trinajstić information content (AvgIpc) is 2.91. The Morgan fingerprint density at radius 3 is 3.06 bits per heavy atom. The van der Waals surface area contributed by atoms with Crippen LogP contribution in [0.5, 0.6) is 0 Å². The van der Waals surface area contributed by atoms with Crippen LogP contribution in [-0.2, 0) is 11.2 Å². The molecule has 1 amide bonds. The molecule has 3 N–H and O–H groups in total. The fraction of sp³-hybridized carbons (Fsp3) is 0.692. The molecule has 0 radical (unpaired) electrons. The zero-order chi connectivity index (χ0) is 12.8. The number of thiazole rings is 1. The molecule has 0 bridgehead atoms. The number of nitrogens with one attached hydrogen (secondary N) is 1. The molecule has 18 heavy (non-hydrogen) atoms. The van der Waals surface area contributed by atoms with Gasteiger partial charge in [0.2, 0.25) is 5.91 Å². The van der Waals surface area contributed by atoms with Gasteiger partial charge in [0.05, 0.1) is 5.01 Å². The smallest absolute Gasteiger partial charge is 0.223 e. The molecule has 2 rings (SSSR count). The summed E-state index contributed by atoms with van der Waals surface area (Å²) >= 11 is 1.63. The summed E-state index contributed by atoms with van der Waals surface area (Å²) in [6, 6.07) is 0. The second-order valence-corrected chi connectivity index (χ2v) is 5.83. The summed E-state index contributed by atoms with van der Waals surface area (Å²) in [4.78, 5) is 16.3. The first kappa shape index (κ1) is 13.5. The second kappa shape index (κ2) is 6.85. The summed E-state index contributed by atoms with van der Waals surface area (Å²) in [5.41, 5.74) is 5.75. The van der Waals surface area contributed by atoms with Crippen molar-refractivity contribution in [3.63, 3.8) is 0 Å². The standard InChI is InChI=1S/C13H21N3OS/c14-9-10-3-1-2-4-11(10)13(17)16-6-5-12-15-7-8-18-12/h7-8,10-11H,1-6,9,14H2,(H,16,17). The maximum Gasteiger partial charge on any atom is 0.223 e. The Kier molecular flexibility index (Phi) is 5.13. The summed E-state index contributed by atoms with van der Waals surface area (Å²) in [6.07, 6.45) is 7.08. The Hall–Kier alpha value is -0.940. The van der Waals surface area contributed by atoms with Crippen molar-refractivity contribution in [3.8, 4) is 0 Å². The molecule has 1 fully saturated rings. The highest BCUT2D eigenvalue weighted by Crippen LogP contribution is 2.29. The Labute approximate surface area is 112 Å². The van der Waals surface area contributed by atoms with Gasteiger partial charge in [-0.15, -0.1) is 11.3 Å². The molecule has 4 nitrogen and oxygen atoms in total. The Morgan fingerprint density at radius 1 is 1.50 bits per heavy atom. The van der Waals surface area contributed by atoms with Gasteiger partial charge < -0.3 is 11.1 Å². The lowest BCUT2D eigenvalue weighted by molar-refractivity contribution is -0.127. The van der Waals surface area contributed by atoms with E-state index < -0.39 is 0 Å². The summed E-state index contributed by atoms with van der Waals surface area (Å²) in [7, 11) is 0. The van der Waals surface area contributed by atoms with Crippen LogP contribution in [0.15, 0.2) is 11.6 Å². The molecular weight excluding hydrogens is 246 g/mol. The number of aromatic nitrogens is 1. The van der Waals surface area contributed by atoms with Crippen molar-refractivity contribution >= 4 is 17.2 Å². The Bertz CT molecular complexity index is 366. The maximum absolute atomic E-state index is 12.1. The van der Waals surface area contributed by atoms with Gasteiger partial charge >= 0.3 is 0 Å². The van der Waals surface area contributed by atoms with Gasteiger partial charge in [-0.05, 0) is 25.3 Å².